The maximum absolute atomic E-state index is 11.8. The van der Waals surface area contributed by atoms with Crippen molar-refractivity contribution in [2.45, 2.75) is 19.8 Å². The van der Waals surface area contributed by atoms with Gasteiger partial charge in [-0.3, -0.25) is 4.79 Å². The van der Waals surface area contributed by atoms with Gasteiger partial charge in [-0.2, -0.15) is 0 Å². The molecule has 0 bridgehead atoms. The Morgan fingerprint density at radius 1 is 1.50 bits per heavy atom. The molecular formula is C13H16O3. The Labute approximate surface area is 95.4 Å². The van der Waals surface area contributed by atoms with E-state index in [0.29, 0.717) is 19.6 Å². The van der Waals surface area contributed by atoms with E-state index in [0.717, 1.165) is 29.9 Å². The highest BCUT2D eigenvalue weighted by atomic mass is 16.5. The number of fused-ring (bicyclic) bond motifs is 1. The monoisotopic (exact) mass is 220 g/mol. The number of carbonyl (C=O) groups is 1. The van der Waals surface area contributed by atoms with Gasteiger partial charge in [-0.05, 0) is 30.7 Å². The SMILES string of the molecule is CCOCCC(=O)c1ccc2c(c1)CCO2. The average molecular weight is 220 g/mol. The van der Waals surface area contributed by atoms with Gasteiger partial charge < -0.3 is 9.47 Å². The van der Waals surface area contributed by atoms with Crippen LogP contribution in [0.5, 0.6) is 5.75 Å². The highest BCUT2D eigenvalue weighted by Gasteiger charge is 2.14. The van der Waals surface area contributed by atoms with Gasteiger partial charge >= 0.3 is 0 Å². The number of ketones is 1. The molecule has 0 N–H and O–H groups in total. The molecule has 0 saturated heterocycles. The largest absolute Gasteiger partial charge is 0.493 e. The van der Waals surface area contributed by atoms with Crippen LogP contribution in [0.25, 0.3) is 0 Å². The van der Waals surface area contributed by atoms with Crippen molar-refractivity contribution < 1.29 is 14.3 Å². The number of carbonyl (C=O) groups excluding carboxylic acids is 1. The van der Waals surface area contributed by atoms with E-state index in [-0.39, 0.29) is 5.78 Å². The quantitative estimate of drug-likeness (QED) is 0.564. The molecule has 16 heavy (non-hydrogen) atoms. The number of rotatable bonds is 5. The summed E-state index contributed by atoms with van der Waals surface area (Å²) < 4.78 is 10.6. The fraction of sp³-hybridized carbons (Fsp3) is 0.462. The Morgan fingerprint density at radius 3 is 3.19 bits per heavy atom. The topological polar surface area (TPSA) is 35.5 Å². The van der Waals surface area contributed by atoms with Gasteiger partial charge in [0.25, 0.3) is 0 Å². The van der Waals surface area contributed by atoms with Crippen LogP contribution in [0.4, 0.5) is 0 Å². The maximum atomic E-state index is 11.8. The van der Waals surface area contributed by atoms with E-state index in [2.05, 4.69) is 0 Å². The molecule has 1 aliphatic rings. The van der Waals surface area contributed by atoms with E-state index in [1.807, 2.05) is 25.1 Å². The third kappa shape index (κ3) is 2.42. The molecule has 3 nitrogen and oxygen atoms in total. The van der Waals surface area contributed by atoms with Crippen LogP contribution in [0.3, 0.4) is 0 Å². The van der Waals surface area contributed by atoms with Gasteiger partial charge in [0.2, 0.25) is 0 Å². The minimum Gasteiger partial charge on any atom is -0.493 e. The molecule has 0 saturated carbocycles. The van der Waals surface area contributed by atoms with Crippen LogP contribution in [-0.2, 0) is 11.2 Å². The molecule has 3 heteroatoms. The Morgan fingerprint density at radius 2 is 2.38 bits per heavy atom. The fourth-order valence-electron chi connectivity index (χ4n) is 1.81. The zero-order valence-corrected chi connectivity index (χ0v) is 9.49. The van der Waals surface area contributed by atoms with E-state index < -0.39 is 0 Å². The number of Topliss-reactive ketones (excluding diaryl/α,β-unsaturated/α-hetero) is 1. The van der Waals surface area contributed by atoms with E-state index in [4.69, 9.17) is 9.47 Å². The van der Waals surface area contributed by atoms with Crippen molar-refractivity contribution in [1.29, 1.82) is 0 Å². The summed E-state index contributed by atoms with van der Waals surface area (Å²) in [5.41, 5.74) is 1.91. The zero-order chi connectivity index (χ0) is 11.4. The van der Waals surface area contributed by atoms with Crippen LogP contribution in [0.15, 0.2) is 18.2 Å². The second-order valence-electron chi connectivity index (χ2n) is 3.79. The van der Waals surface area contributed by atoms with E-state index >= 15 is 0 Å². The molecule has 0 radical (unpaired) electrons. The molecule has 0 aliphatic carbocycles. The van der Waals surface area contributed by atoms with E-state index in [1.165, 1.54) is 0 Å². The van der Waals surface area contributed by atoms with Crippen LogP contribution in [-0.4, -0.2) is 25.6 Å². The highest BCUT2D eigenvalue weighted by molar-refractivity contribution is 5.96. The molecule has 1 heterocycles. The van der Waals surface area contributed by atoms with Gasteiger partial charge in [0.1, 0.15) is 5.75 Å². The number of hydrogen-bond donors (Lipinski definition) is 0. The van der Waals surface area contributed by atoms with Gasteiger partial charge in [0, 0.05) is 25.0 Å². The summed E-state index contributed by atoms with van der Waals surface area (Å²) >= 11 is 0. The first kappa shape index (κ1) is 11.1. The van der Waals surface area contributed by atoms with Gasteiger partial charge in [-0.1, -0.05) is 0 Å². The molecule has 0 spiro atoms. The summed E-state index contributed by atoms with van der Waals surface area (Å²) in [5.74, 6) is 1.06. The van der Waals surface area contributed by atoms with Crippen molar-refractivity contribution in [3.8, 4) is 5.75 Å². The molecule has 0 fully saturated rings. The lowest BCUT2D eigenvalue weighted by molar-refractivity contribution is 0.0896. The highest BCUT2D eigenvalue weighted by Crippen LogP contribution is 2.26. The fourth-order valence-corrected chi connectivity index (χ4v) is 1.81. The molecule has 1 aromatic rings. The first-order chi connectivity index (χ1) is 7.81. The van der Waals surface area contributed by atoms with E-state index in [1.54, 1.807) is 0 Å². The van der Waals surface area contributed by atoms with Gasteiger partial charge in [-0.25, -0.2) is 0 Å². The zero-order valence-electron chi connectivity index (χ0n) is 9.49. The van der Waals surface area contributed by atoms with Gasteiger partial charge in [0.15, 0.2) is 5.78 Å². The molecule has 86 valence electrons. The average Bonchev–Trinajstić information content (AvgIpc) is 2.76. The van der Waals surface area contributed by atoms with Crippen LogP contribution in [0.2, 0.25) is 0 Å². The van der Waals surface area contributed by atoms with Crippen molar-refractivity contribution in [2.75, 3.05) is 19.8 Å². The lowest BCUT2D eigenvalue weighted by Gasteiger charge is -2.03. The second-order valence-corrected chi connectivity index (χ2v) is 3.79. The normalized spacial score (nSPS) is 13.3. The number of hydrogen-bond acceptors (Lipinski definition) is 3. The minimum atomic E-state index is 0.142. The third-order valence-electron chi connectivity index (χ3n) is 2.69. The summed E-state index contributed by atoms with van der Waals surface area (Å²) in [6.07, 6.45) is 1.36. The first-order valence-electron chi connectivity index (χ1n) is 5.68. The van der Waals surface area contributed by atoms with Crippen molar-refractivity contribution in [2.24, 2.45) is 0 Å². The Balaban J connectivity index is 2.01. The molecular weight excluding hydrogens is 204 g/mol. The molecule has 0 atom stereocenters. The van der Waals surface area contributed by atoms with Crippen molar-refractivity contribution in [1.82, 2.24) is 0 Å². The predicted molar refractivity (Wildman–Crippen MR) is 61.1 cm³/mol. The molecule has 1 aromatic carbocycles. The van der Waals surface area contributed by atoms with E-state index in [9.17, 15) is 4.79 Å². The molecule has 0 amide bonds. The second kappa shape index (κ2) is 5.12. The Hall–Kier alpha value is -1.35. The molecule has 1 aliphatic heterocycles. The summed E-state index contributed by atoms with van der Waals surface area (Å²) in [7, 11) is 0. The molecule has 0 unspecified atom stereocenters. The first-order valence-corrected chi connectivity index (χ1v) is 5.68. The standard InChI is InChI=1S/C13H16O3/c1-2-15-7-6-12(14)10-3-4-13-11(9-10)5-8-16-13/h3-4,9H,2,5-8H2,1H3. The van der Waals surface area contributed by atoms with Crippen LogP contribution in [0, 0.1) is 0 Å². The molecule has 2 rings (SSSR count). The maximum Gasteiger partial charge on any atom is 0.165 e. The number of ether oxygens (including phenoxy) is 2. The van der Waals surface area contributed by atoms with Crippen LogP contribution >= 0.6 is 0 Å². The minimum absolute atomic E-state index is 0.142. The lowest BCUT2D eigenvalue weighted by Crippen LogP contribution is -2.04. The Kier molecular flexibility index (Phi) is 3.57. The van der Waals surface area contributed by atoms with Gasteiger partial charge in [0.05, 0.1) is 13.2 Å². The lowest BCUT2D eigenvalue weighted by atomic mass is 10.0. The Bertz CT molecular complexity index is 385. The van der Waals surface area contributed by atoms with Crippen molar-refractivity contribution >= 4 is 5.78 Å². The summed E-state index contributed by atoms with van der Waals surface area (Å²) in [4.78, 5) is 11.8. The van der Waals surface area contributed by atoms with Gasteiger partial charge in [-0.15, -0.1) is 0 Å². The summed E-state index contributed by atoms with van der Waals surface area (Å²) in [5, 5.41) is 0. The van der Waals surface area contributed by atoms with Crippen molar-refractivity contribution in [3.05, 3.63) is 29.3 Å². The predicted octanol–water partition coefficient (Wildman–Crippen LogP) is 2.23. The third-order valence-corrected chi connectivity index (χ3v) is 2.69. The summed E-state index contributed by atoms with van der Waals surface area (Å²) in [6, 6.07) is 5.66. The smallest absolute Gasteiger partial charge is 0.165 e. The van der Waals surface area contributed by atoms with Crippen LogP contribution < -0.4 is 4.74 Å². The van der Waals surface area contributed by atoms with Crippen molar-refractivity contribution in [3.63, 3.8) is 0 Å². The number of benzene rings is 1. The molecule has 0 aromatic heterocycles. The van der Waals surface area contributed by atoms with Crippen LogP contribution in [0.1, 0.15) is 29.3 Å². The summed E-state index contributed by atoms with van der Waals surface area (Å²) in [6.45, 7) is 3.82.